The zero-order valence-electron chi connectivity index (χ0n) is 19.3. The summed E-state index contributed by atoms with van der Waals surface area (Å²) in [5.74, 6) is -1.93. The molecule has 3 aromatic carbocycles. The van der Waals surface area contributed by atoms with E-state index in [1.54, 1.807) is 24.3 Å². The quantitative estimate of drug-likeness (QED) is 0.325. The number of aliphatic hydroxyl groups is 1. The highest BCUT2D eigenvalue weighted by atomic mass is 35.5. The number of nitrogens with zero attached hydrogens (tertiary/aromatic N) is 1. The fourth-order valence-corrected chi connectivity index (χ4v) is 5.06. The molecule has 0 radical (unpaired) electrons. The van der Waals surface area contributed by atoms with E-state index in [-0.39, 0.29) is 40.4 Å². The summed E-state index contributed by atoms with van der Waals surface area (Å²) in [4.78, 5) is 26.1. The topological polar surface area (TPSA) is 87.1 Å². The van der Waals surface area contributed by atoms with Crippen molar-refractivity contribution in [2.75, 3.05) is 18.1 Å². The van der Waals surface area contributed by atoms with E-state index >= 15 is 0 Å². The highest BCUT2D eigenvalue weighted by Crippen LogP contribution is 2.49. The zero-order valence-corrected chi connectivity index (χ0v) is 20.0. The molecule has 0 spiro atoms. The average molecular weight is 540 g/mol. The summed E-state index contributed by atoms with van der Waals surface area (Å²) in [5, 5.41) is 20.2. The maximum atomic E-state index is 13.8. The smallest absolute Gasteiger partial charge is 0.307 e. The first-order chi connectivity index (χ1) is 17.6. The number of amides is 1. The predicted molar refractivity (Wildman–Crippen MR) is 129 cm³/mol. The van der Waals surface area contributed by atoms with Crippen molar-refractivity contribution >= 4 is 39.9 Å². The molecule has 0 bridgehead atoms. The Bertz CT molecular complexity index is 1350. The highest BCUT2D eigenvalue weighted by Gasteiger charge is 2.43. The Kier molecular flexibility index (Phi) is 7.89. The molecule has 196 valence electrons. The molecule has 1 heterocycles. The molecule has 6 nitrogen and oxygen atoms in total. The van der Waals surface area contributed by atoms with Crippen LogP contribution in [0, 0.1) is 0 Å². The van der Waals surface area contributed by atoms with Gasteiger partial charge in [-0.05, 0) is 40.6 Å². The van der Waals surface area contributed by atoms with Gasteiger partial charge in [0.15, 0.2) is 0 Å². The summed E-state index contributed by atoms with van der Waals surface area (Å²) in [5.41, 5.74) is 0.994. The Labute approximate surface area is 214 Å². The van der Waals surface area contributed by atoms with Crippen molar-refractivity contribution in [3.8, 4) is 5.75 Å². The number of hydrogen-bond donors (Lipinski definition) is 2. The molecule has 0 saturated carbocycles. The monoisotopic (exact) mass is 539 g/mol. The van der Waals surface area contributed by atoms with E-state index in [0.29, 0.717) is 21.9 Å². The molecule has 3 aromatic rings. The van der Waals surface area contributed by atoms with Crippen LogP contribution in [0.4, 0.5) is 23.2 Å². The lowest BCUT2D eigenvalue weighted by atomic mass is 9.89. The predicted octanol–water partition coefficient (Wildman–Crippen LogP) is 5.66. The van der Waals surface area contributed by atoms with Crippen LogP contribution in [0.3, 0.4) is 0 Å². The number of alkyl halides is 4. The van der Waals surface area contributed by atoms with E-state index in [1.807, 2.05) is 0 Å². The molecule has 0 fully saturated rings. The Morgan fingerprint density at radius 1 is 1.08 bits per heavy atom. The lowest BCUT2D eigenvalue weighted by Gasteiger charge is -2.26. The molecule has 1 amide bonds. The van der Waals surface area contributed by atoms with Crippen LogP contribution in [0.1, 0.15) is 39.5 Å². The van der Waals surface area contributed by atoms with Crippen molar-refractivity contribution in [3.05, 3.63) is 69.7 Å². The number of aliphatic carboxylic acids is 1. The van der Waals surface area contributed by atoms with Gasteiger partial charge in [-0.2, -0.15) is 0 Å². The SMILES string of the molecule is O=C(O)Cc1ccc(N2C(=O)c3c(c(CCC(F)F)c4ccccc4c3OCC(F)F)C2CO)c(Cl)c1. The number of carboxylic acid groups (broad SMARTS) is 1. The summed E-state index contributed by atoms with van der Waals surface area (Å²) in [6.07, 6.45) is -6.46. The summed E-state index contributed by atoms with van der Waals surface area (Å²) in [6, 6.07) is 9.63. The lowest BCUT2D eigenvalue weighted by Crippen LogP contribution is -2.30. The number of halogens is 5. The summed E-state index contributed by atoms with van der Waals surface area (Å²) < 4.78 is 58.2. The Hall–Kier alpha value is -3.37. The number of aliphatic hydroxyl groups excluding tert-OH is 1. The Morgan fingerprint density at radius 2 is 1.78 bits per heavy atom. The van der Waals surface area contributed by atoms with Gasteiger partial charge in [0.05, 0.1) is 35.3 Å². The minimum atomic E-state index is -2.84. The van der Waals surface area contributed by atoms with Crippen LogP contribution >= 0.6 is 11.6 Å². The number of carbonyl (C=O) groups is 2. The van der Waals surface area contributed by atoms with Gasteiger partial charge in [0.1, 0.15) is 12.4 Å². The zero-order chi connectivity index (χ0) is 26.9. The van der Waals surface area contributed by atoms with Crippen LogP contribution in [0.15, 0.2) is 42.5 Å². The van der Waals surface area contributed by atoms with Gasteiger partial charge in [-0.1, -0.05) is 41.9 Å². The summed E-state index contributed by atoms with van der Waals surface area (Å²) in [7, 11) is 0. The molecule has 37 heavy (non-hydrogen) atoms. The molecule has 4 rings (SSSR count). The summed E-state index contributed by atoms with van der Waals surface area (Å²) >= 11 is 6.42. The minimum Gasteiger partial charge on any atom is -0.486 e. The maximum Gasteiger partial charge on any atom is 0.307 e. The molecule has 1 aliphatic rings. The lowest BCUT2D eigenvalue weighted by molar-refractivity contribution is -0.136. The molecule has 0 saturated heterocycles. The molecule has 1 unspecified atom stereocenters. The average Bonchev–Trinajstić information content (AvgIpc) is 3.12. The van der Waals surface area contributed by atoms with E-state index in [9.17, 15) is 32.3 Å². The molecular weight excluding hydrogens is 518 g/mol. The summed E-state index contributed by atoms with van der Waals surface area (Å²) in [6.45, 7) is -1.63. The molecular formula is C26H22ClF4NO5. The normalized spacial score (nSPS) is 15.2. The van der Waals surface area contributed by atoms with Crippen molar-refractivity contribution < 1.29 is 42.1 Å². The number of anilines is 1. The van der Waals surface area contributed by atoms with Crippen LogP contribution < -0.4 is 9.64 Å². The standard InChI is InChI=1S/C26H22ClF4NO5/c27-17-9-13(10-22(34)35)5-7-18(17)32-19(11-33)23-15(6-8-20(28)29)14-3-1-2-4-16(14)25(24(23)26(32)36)37-12-21(30)31/h1-5,7,9,19-21,33H,6,8,10-12H2,(H,34,35). The van der Waals surface area contributed by atoms with Gasteiger partial charge in [-0.25, -0.2) is 17.6 Å². The van der Waals surface area contributed by atoms with Crippen molar-refractivity contribution in [1.29, 1.82) is 0 Å². The molecule has 11 heteroatoms. The number of benzene rings is 3. The Morgan fingerprint density at radius 3 is 2.38 bits per heavy atom. The number of carbonyl (C=O) groups excluding carboxylic acids is 1. The number of hydrogen-bond acceptors (Lipinski definition) is 4. The van der Waals surface area contributed by atoms with Crippen LogP contribution in [0.2, 0.25) is 5.02 Å². The Balaban J connectivity index is 1.95. The largest absolute Gasteiger partial charge is 0.486 e. The van der Waals surface area contributed by atoms with Crippen LogP contribution in [-0.4, -0.2) is 48.2 Å². The van der Waals surface area contributed by atoms with Gasteiger partial charge in [0.2, 0.25) is 6.43 Å². The minimum absolute atomic E-state index is 0.0205. The number of carboxylic acids is 1. The van der Waals surface area contributed by atoms with Gasteiger partial charge in [0.25, 0.3) is 12.3 Å². The molecule has 0 aliphatic carbocycles. The fourth-order valence-electron chi connectivity index (χ4n) is 4.77. The van der Waals surface area contributed by atoms with Gasteiger partial charge in [0, 0.05) is 11.8 Å². The maximum absolute atomic E-state index is 13.8. The van der Waals surface area contributed by atoms with Crippen molar-refractivity contribution in [3.63, 3.8) is 0 Å². The second-order valence-electron chi connectivity index (χ2n) is 8.50. The van der Waals surface area contributed by atoms with Crippen molar-refractivity contribution in [2.24, 2.45) is 0 Å². The highest BCUT2D eigenvalue weighted by molar-refractivity contribution is 6.34. The van der Waals surface area contributed by atoms with Gasteiger partial charge < -0.3 is 14.9 Å². The number of rotatable bonds is 10. The third-order valence-electron chi connectivity index (χ3n) is 6.16. The first-order valence-electron chi connectivity index (χ1n) is 11.3. The van der Waals surface area contributed by atoms with E-state index < -0.39 is 50.4 Å². The van der Waals surface area contributed by atoms with E-state index in [2.05, 4.69) is 0 Å². The van der Waals surface area contributed by atoms with E-state index in [4.69, 9.17) is 21.4 Å². The van der Waals surface area contributed by atoms with Crippen LogP contribution in [0.5, 0.6) is 5.75 Å². The third kappa shape index (κ3) is 5.21. The van der Waals surface area contributed by atoms with Crippen LogP contribution in [0.25, 0.3) is 10.8 Å². The molecule has 0 aromatic heterocycles. The van der Waals surface area contributed by atoms with Crippen molar-refractivity contribution in [2.45, 2.75) is 38.2 Å². The fraction of sp³-hybridized carbons (Fsp3) is 0.308. The molecule has 1 atom stereocenters. The first-order valence-corrected chi connectivity index (χ1v) is 11.7. The number of ether oxygens (including phenoxy) is 1. The third-order valence-corrected chi connectivity index (χ3v) is 6.46. The van der Waals surface area contributed by atoms with Crippen molar-refractivity contribution in [1.82, 2.24) is 0 Å². The van der Waals surface area contributed by atoms with E-state index in [0.717, 1.165) is 4.90 Å². The number of fused-ring (bicyclic) bond motifs is 2. The number of aryl methyl sites for hydroxylation is 1. The van der Waals surface area contributed by atoms with Crippen LogP contribution in [-0.2, 0) is 17.6 Å². The second-order valence-corrected chi connectivity index (χ2v) is 8.91. The van der Waals surface area contributed by atoms with Gasteiger partial charge >= 0.3 is 5.97 Å². The second kappa shape index (κ2) is 10.9. The van der Waals surface area contributed by atoms with Gasteiger partial charge in [-0.3, -0.25) is 14.5 Å². The molecule has 1 aliphatic heterocycles. The van der Waals surface area contributed by atoms with E-state index in [1.165, 1.54) is 18.2 Å². The van der Waals surface area contributed by atoms with Gasteiger partial charge in [-0.15, -0.1) is 0 Å². The molecule has 2 N–H and O–H groups in total. The first kappa shape index (κ1) is 26.7.